The number of rotatable bonds is 7. The summed E-state index contributed by atoms with van der Waals surface area (Å²) in [6, 6.07) is 14.0. The summed E-state index contributed by atoms with van der Waals surface area (Å²) in [4.78, 5) is 0.933. The van der Waals surface area contributed by atoms with E-state index in [0.717, 1.165) is 4.88 Å². The van der Waals surface area contributed by atoms with Crippen LogP contribution < -0.4 is 9.46 Å². The second-order valence-electron chi connectivity index (χ2n) is 6.06. The Kier molecular flexibility index (Phi) is 5.50. The first kappa shape index (κ1) is 19.8. The highest BCUT2D eigenvalue weighted by atomic mass is 35.5. The molecule has 29 heavy (non-hydrogen) atoms. The summed E-state index contributed by atoms with van der Waals surface area (Å²) in [6.07, 6.45) is 0. The lowest BCUT2D eigenvalue weighted by Gasteiger charge is -2.07. The number of aromatic nitrogens is 4. The molecule has 8 nitrogen and oxygen atoms in total. The van der Waals surface area contributed by atoms with E-state index in [1.807, 2.05) is 25.1 Å². The van der Waals surface area contributed by atoms with Gasteiger partial charge >= 0.3 is 0 Å². The summed E-state index contributed by atoms with van der Waals surface area (Å²) in [7, 11) is -3.54. The van der Waals surface area contributed by atoms with Gasteiger partial charge in [-0.3, -0.25) is 0 Å². The average Bonchev–Trinajstić information content (AvgIpc) is 3.32. The normalized spacial score (nSPS) is 11.8. The Morgan fingerprint density at radius 1 is 1.14 bits per heavy atom. The molecule has 0 spiro atoms. The SMILES string of the molecule is Cc1ccc(S(=O)(=O)NCCOc2ccc3nnc(-c4ccccc4Cl)n3n2)s1. The Balaban J connectivity index is 1.45. The number of nitrogens with zero attached hydrogens (tertiary/aromatic N) is 4. The van der Waals surface area contributed by atoms with Crippen LogP contribution in [0.4, 0.5) is 0 Å². The van der Waals surface area contributed by atoms with E-state index in [-0.39, 0.29) is 17.4 Å². The van der Waals surface area contributed by atoms with Crippen molar-refractivity contribution in [3.8, 4) is 17.3 Å². The maximum Gasteiger partial charge on any atom is 0.250 e. The maximum absolute atomic E-state index is 12.2. The smallest absolute Gasteiger partial charge is 0.250 e. The molecule has 4 aromatic rings. The number of aryl methyl sites for hydroxylation is 1. The molecule has 0 amide bonds. The lowest BCUT2D eigenvalue weighted by molar-refractivity contribution is 0.306. The fourth-order valence-electron chi connectivity index (χ4n) is 2.62. The zero-order valence-electron chi connectivity index (χ0n) is 15.2. The van der Waals surface area contributed by atoms with Gasteiger partial charge in [0.2, 0.25) is 15.9 Å². The minimum Gasteiger partial charge on any atom is -0.475 e. The third-order valence-electron chi connectivity index (χ3n) is 3.98. The van der Waals surface area contributed by atoms with E-state index >= 15 is 0 Å². The topological polar surface area (TPSA) is 98.5 Å². The molecule has 0 saturated carbocycles. The van der Waals surface area contributed by atoms with E-state index < -0.39 is 10.0 Å². The molecule has 0 atom stereocenters. The van der Waals surface area contributed by atoms with Crippen LogP contribution in [0.1, 0.15) is 4.88 Å². The number of benzene rings is 1. The number of hydrogen-bond acceptors (Lipinski definition) is 7. The molecule has 0 radical (unpaired) electrons. The van der Waals surface area contributed by atoms with Crippen LogP contribution in [-0.4, -0.2) is 41.4 Å². The summed E-state index contributed by atoms with van der Waals surface area (Å²) < 4.78 is 34.4. The first-order valence-corrected chi connectivity index (χ1v) is 11.3. The van der Waals surface area contributed by atoms with Crippen molar-refractivity contribution in [2.75, 3.05) is 13.2 Å². The molecule has 0 aliphatic heterocycles. The van der Waals surface area contributed by atoms with Gasteiger partial charge in [-0.25, -0.2) is 13.1 Å². The van der Waals surface area contributed by atoms with Gasteiger partial charge in [-0.1, -0.05) is 23.7 Å². The van der Waals surface area contributed by atoms with Crippen LogP contribution in [0.15, 0.2) is 52.7 Å². The molecule has 0 aliphatic rings. The zero-order valence-corrected chi connectivity index (χ0v) is 17.6. The lowest BCUT2D eigenvalue weighted by Crippen LogP contribution is -2.27. The maximum atomic E-state index is 12.2. The third-order valence-corrected chi connectivity index (χ3v) is 7.26. The number of hydrogen-bond donors (Lipinski definition) is 1. The standard InChI is InChI=1S/C18H16ClN5O3S2/c1-12-6-9-17(28-12)29(25,26)20-10-11-27-16-8-7-15-21-22-18(24(15)23-16)13-4-2-3-5-14(13)19/h2-9,20H,10-11H2,1H3. The van der Waals surface area contributed by atoms with E-state index in [4.69, 9.17) is 16.3 Å². The number of nitrogens with one attached hydrogen (secondary N) is 1. The predicted octanol–water partition coefficient (Wildman–Crippen LogP) is 3.17. The highest BCUT2D eigenvalue weighted by Gasteiger charge is 2.16. The van der Waals surface area contributed by atoms with Crippen molar-refractivity contribution in [1.82, 2.24) is 24.5 Å². The Labute approximate surface area is 176 Å². The highest BCUT2D eigenvalue weighted by molar-refractivity contribution is 7.91. The summed E-state index contributed by atoms with van der Waals surface area (Å²) in [6.45, 7) is 2.08. The van der Waals surface area contributed by atoms with E-state index in [2.05, 4.69) is 20.0 Å². The van der Waals surface area contributed by atoms with Crippen LogP contribution in [0.2, 0.25) is 5.02 Å². The second-order valence-corrected chi connectivity index (χ2v) is 9.75. The summed E-state index contributed by atoms with van der Waals surface area (Å²) >= 11 is 7.47. The average molecular weight is 450 g/mol. The molecule has 1 N–H and O–H groups in total. The van der Waals surface area contributed by atoms with Gasteiger partial charge in [0.05, 0.1) is 5.02 Å². The molecule has 150 valence electrons. The number of thiophene rings is 1. The fraction of sp³-hybridized carbons (Fsp3) is 0.167. The van der Waals surface area contributed by atoms with Crippen LogP contribution in [0.5, 0.6) is 5.88 Å². The first-order chi connectivity index (χ1) is 13.9. The van der Waals surface area contributed by atoms with Crippen molar-refractivity contribution in [3.63, 3.8) is 0 Å². The molecule has 1 aromatic carbocycles. The Bertz CT molecular complexity index is 1270. The minimum atomic E-state index is -3.54. The van der Waals surface area contributed by atoms with Gasteiger partial charge in [0, 0.05) is 23.1 Å². The van der Waals surface area contributed by atoms with Crippen LogP contribution in [0, 0.1) is 6.92 Å². The van der Waals surface area contributed by atoms with Crippen LogP contribution in [-0.2, 0) is 10.0 Å². The van der Waals surface area contributed by atoms with E-state index in [9.17, 15) is 8.42 Å². The lowest BCUT2D eigenvalue weighted by atomic mass is 10.2. The van der Waals surface area contributed by atoms with Crippen LogP contribution in [0.3, 0.4) is 0 Å². The third kappa shape index (κ3) is 4.25. The van der Waals surface area contributed by atoms with Gasteiger partial charge in [0.1, 0.15) is 10.8 Å². The molecule has 0 fully saturated rings. The predicted molar refractivity (Wildman–Crippen MR) is 111 cm³/mol. The van der Waals surface area contributed by atoms with Crippen molar-refractivity contribution in [2.24, 2.45) is 0 Å². The molecular formula is C18H16ClN5O3S2. The molecular weight excluding hydrogens is 434 g/mol. The van der Waals surface area contributed by atoms with Gasteiger partial charge in [-0.05, 0) is 37.3 Å². The largest absolute Gasteiger partial charge is 0.475 e. The van der Waals surface area contributed by atoms with Gasteiger partial charge < -0.3 is 4.74 Å². The zero-order chi connectivity index (χ0) is 20.4. The van der Waals surface area contributed by atoms with E-state index in [0.29, 0.717) is 27.9 Å². The van der Waals surface area contributed by atoms with Crippen molar-refractivity contribution in [2.45, 2.75) is 11.1 Å². The second kappa shape index (κ2) is 8.07. The van der Waals surface area contributed by atoms with Crippen LogP contribution in [0.25, 0.3) is 17.0 Å². The molecule has 3 heterocycles. The summed E-state index contributed by atoms with van der Waals surface area (Å²) in [5.74, 6) is 0.807. The van der Waals surface area contributed by atoms with Gasteiger partial charge in [0.25, 0.3) is 0 Å². The molecule has 0 bridgehead atoms. The molecule has 0 saturated heterocycles. The summed E-state index contributed by atoms with van der Waals surface area (Å²) in [5, 5.41) is 13.2. The summed E-state index contributed by atoms with van der Waals surface area (Å²) in [5.41, 5.74) is 1.24. The Morgan fingerprint density at radius 2 is 1.97 bits per heavy atom. The molecule has 4 rings (SSSR count). The minimum absolute atomic E-state index is 0.110. The van der Waals surface area contributed by atoms with Crippen molar-refractivity contribution in [3.05, 3.63) is 58.4 Å². The van der Waals surface area contributed by atoms with Gasteiger partial charge in [-0.2, -0.15) is 4.52 Å². The van der Waals surface area contributed by atoms with Crippen molar-refractivity contribution in [1.29, 1.82) is 0 Å². The number of ether oxygens (including phenoxy) is 1. The number of halogens is 1. The molecule has 3 aromatic heterocycles. The van der Waals surface area contributed by atoms with Crippen molar-refractivity contribution >= 4 is 38.6 Å². The molecule has 0 unspecified atom stereocenters. The molecule has 11 heteroatoms. The number of fused-ring (bicyclic) bond motifs is 1. The van der Waals surface area contributed by atoms with E-state index in [1.165, 1.54) is 15.9 Å². The highest BCUT2D eigenvalue weighted by Crippen LogP contribution is 2.26. The van der Waals surface area contributed by atoms with Crippen LogP contribution >= 0.6 is 22.9 Å². The Morgan fingerprint density at radius 3 is 2.72 bits per heavy atom. The fourth-order valence-corrected chi connectivity index (χ4v) is 5.18. The quantitative estimate of drug-likeness (QED) is 0.435. The first-order valence-electron chi connectivity index (χ1n) is 8.60. The molecule has 0 aliphatic carbocycles. The Hall–Kier alpha value is -2.53. The van der Waals surface area contributed by atoms with Gasteiger partial charge in [0.15, 0.2) is 11.5 Å². The van der Waals surface area contributed by atoms with E-state index in [1.54, 1.807) is 30.3 Å². The van der Waals surface area contributed by atoms with Crippen molar-refractivity contribution < 1.29 is 13.2 Å². The number of sulfonamides is 1. The van der Waals surface area contributed by atoms with Gasteiger partial charge in [-0.15, -0.1) is 26.6 Å². The monoisotopic (exact) mass is 449 g/mol.